The number of carboxylic acids is 1. The number of nitrogens with zero attached hydrogens (tertiary/aromatic N) is 3. The average Bonchev–Trinajstić information content (AvgIpc) is 3.13. The zero-order valence-electron chi connectivity index (χ0n) is 14.8. The number of para-hydroxylation sites is 1. The van der Waals surface area contributed by atoms with Crippen LogP contribution in [0, 0.1) is 0 Å². The van der Waals surface area contributed by atoms with Crippen molar-refractivity contribution in [3.63, 3.8) is 0 Å². The molecule has 1 amide bonds. The highest BCUT2D eigenvalue weighted by Crippen LogP contribution is 2.33. The normalized spacial score (nSPS) is 21.0. The van der Waals surface area contributed by atoms with E-state index in [-0.39, 0.29) is 18.7 Å². The Morgan fingerprint density at radius 3 is 2.21 bits per heavy atom. The van der Waals surface area contributed by atoms with E-state index in [9.17, 15) is 19.8 Å². The molecule has 1 aliphatic carbocycles. The molecule has 0 aliphatic heterocycles. The van der Waals surface area contributed by atoms with Gasteiger partial charge in [0.05, 0.1) is 11.8 Å². The van der Waals surface area contributed by atoms with Crippen molar-refractivity contribution >= 4 is 11.9 Å². The minimum atomic E-state index is -1.48. The first-order chi connectivity index (χ1) is 13.5. The van der Waals surface area contributed by atoms with Crippen LogP contribution in [0.2, 0.25) is 0 Å². The van der Waals surface area contributed by atoms with Crippen LogP contribution in [-0.2, 0) is 4.79 Å². The fourth-order valence-corrected chi connectivity index (χ4v) is 3.28. The third-order valence-electron chi connectivity index (χ3n) is 4.77. The van der Waals surface area contributed by atoms with Crippen molar-refractivity contribution in [3.05, 3.63) is 66.5 Å². The number of aliphatic hydroxyl groups is 1. The second kappa shape index (κ2) is 6.90. The predicted octanol–water partition coefficient (Wildman–Crippen LogP) is 1.64. The Bertz CT molecular complexity index is 954. The lowest BCUT2D eigenvalue weighted by Crippen LogP contribution is -2.64. The van der Waals surface area contributed by atoms with Gasteiger partial charge >= 0.3 is 5.97 Å². The Balaban J connectivity index is 1.71. The van der Waals surface area contributed by atoms with Crippen LogP contribution in [0.15, 0.2) is 60.7 Å². The van der Waals surface area contributed by atoms with E-state index in [1.54, 1.807) is 4.68 Å². The molecule has 0 saturated heterocycles. The van der Waals surface area contributed by atoms with Gasteiger partial charge in [-0.25, -0.2) is 14.5 Å². The van der Waals surface area contributed by atoms with Crippen LogP contribution in [-0.4, -0.2) is 48.5 Å². The van der Waals surface area contributed by atoms with Crippen molar-refractivity contribution in [1.82, 2.24) is 20.1 Å². The highest BCUT2D eigenvalue weighted by molar-refractivity contribution is 5.96. The number of aromatic nitrogens is 3. The quantitative estimate of drug-likeness (QED) is 0.621. The number of amides is 1. The number of aliphatic hydroxyl groups excluding tert-OH is 1. The van der Waals surface area contributed by atoms with E-state index in [0.29, 0.717) is 5.82 Å². The van der Waals surface area contributed by atoms with Crippen LogP contribution < -0.4 is 5.32 Å². The summed E-state index contributed by atoms with van der Waals surface area (Å²) in [6, 6.07) is 18.5. The summed E-state index contributed by atoms with van der Waals surface area (Å²) in [6.45, 7) is 0. The lowest BCUT2D eigenvalue weighted by molar-refractivity contribution is -0.153. The number of rotatable bonds is 5. The summed E-state index contributed by atoms with van der Waals surface area (Å²) in [5.74, 6) is -1.54. The van der Waals surface area contributed by atoms with E-state index in [4.69, 9.17) is 0 Å². The molecule has 3 N–H and O–H groups in total. The highest BCUT2D eigenvalue weighted by Gasteiger charge is 2.51. The molecule has 8 nitrogen and oxygen atoms in total. The lowest BCUT2D eigenvalue weighted by Gasteiger charge is -2.41. The maximum atomic E-state index is 12.7. The van der Waals surface area contributed by atoms with Gasteiger partial charge in [-0.1, -0.05) is 48.5 Å². The fraction of sp³-hybridized carbons (Fsp3) is 0.200. The number of hydrogen-bond donors (Lipinski definition) is 3. The van der Waals surface area contributed by atoms with Crippen molar-refractivity contribution in [3.8, 4) is 17.1 Å². The molecule has 8 heteroatoms. The zero-order valence-corrected chi connectivity index (χ0v) is 14.8. The third-order valence-corrected chi connectivity index (χ3v) is 4.77. The van der Waals surface area contributed by atoms with Crippen LogP contribution in [0.1, 0.15) is 23.5 Å². The standard InChI is InChI=1S/C20H18N4O4/c25-15-11-20(12-15,19(27)28)22-18(26)16-21-17(13-7-3-1-4-8-13)24(23-16)14-9-5-2-6-10-14/h1-10,15,25H,11-12H2,(H,22,26)(H,27,28). The van der Waals surface area contributed by atoms with Gasteiger partial charge in [0.1, 0.15) is 5.54 Å². The number of nitrogens with one attached hydrogen (secondary N) is 1. The molecule has 1 fully saturated rings. The molecule has 3 aromatic rings. The number of carboxylic acid groups (broad SMARTS) is 1. The summed E-state index contributed by atoms with van der Waals surface area (Å²) in [5.41, 5.74) is 0.00608. The van der Waals surface area contributed by atoms with E-state index >= 15 is 0 Å². The highest BCUT2D eigenvalue weighted by atomic mass is 16.4. The van der Waals surface area contributed by atoms with E-state index in [1.807, 2.05) is 60.7 Å². The van der Waals surface area contributed by atoms with E-state index in [2.05, 4.69) is 15.4 Å². The van der Waals surface area contributed by atoms with Crippen molar-refractivity contribution in [2.45, 2.75) is 24.5 Å². The van der Waals surface area contributed by atoms with Gasteiger partial charge in [0.15, 0.2) is 5.82 Å². The number of hydrogen-bond acceptors (Lipinski definition) is 5. The molecule has 4 rings (SSSR count). The Kier molecular flexibility index (Phi) is 4.40. The van der Waals surface area contributed by atoms with Gasteiger partial charge in [0.2, 0.25) is 5.82 Å². The van der Waals surface area contributed by atoms with Gasteiger partial charge in [-0.05, 0) is 12.1 Å². The third kappa shape index (κ3) is 3.14. The molecule has 0 radical (unpaired) electrons. The molecule has 2 aromatic carbocycles. The second-order valence-corrected chi connectivity index (χ2v) is 6.78. The Morgan fingerprint density at radius 1 is 1.04 bits per heavy atom. The second-order valence-electron chi connectivity index (χ2n) is 6.78. The summed E-state index contributed by atoms with van der Waals surface area (Å²) in [4.78, 5) is 28.6. The van der Waals surface area contributed by atoms with Crippen LogP contribution in [0.25, 0.3) is 17.1 Å². The number of carbonyl (C=O) groups is 2. The van der Waals surface area contributed by atoms with E-state index in [1.165, 1.54) is 0 Å². The molecule has 1 aromatic heterocycles. The molecule has 0 spiro atoms. The topological polar surface area (TPSA) is 117 Å². The number of benzene rings is 2. The molecule has 1 heterocycles. The molecule has 0 unspecified atom stereocenters. The first-order valence-corrected chi connectivity index (χ1v) is 8.80. The smallest absolute Gasteiger partial charge is 0.329 e. The van der Waals surface area contributed by atoms with Crippen LogP contribution >= 0.6 is 0 Å². The minimum absolute atomic E-state index is 0.0426. The molecule has 1 aliphatic rings. The first-order valence-electron chi connectivity index (χ1n) is 8.80. The molecular weight excluding hydrogens is 360 g/mol. The molecule has 28 heavy (non-hydrogen) atoms. The molecular formula is C20H18N4O4. The largest absolute Gasteiger partial charge is 0.480 e. The molecule has 0 bridgehead atoms. The maximum absolute atomic E-state index is 12.7. The van der Waals surface area contributed by atoms with Gasteiger partial charge in [-0.2, -0.15) is 0 Å². The number of carbonyl (C=O) groups excluding carboxylic acids is 1. The zero-order chi connectivity index (χ0) is 19.7. The Morgan fingerprint density at radius 2 is 1.64 bits per heavy atom. The molecule has 142 valence electrons. The number of aliphatic carboxylic acids is 1. The summed E-state index contributed by atoms with van der Waals surface area (Å²) in [5, 5.41) is 25.8. The van der Waals surface area contributed by atoms with Gasteiger partial charge in [-0.3, -0.25) is 4.79 Å². The summed E-state index contributed by atoms with van der Waals surface area (Å²) in [7, 11) is 0. The van der Waals surface area contributed by atoms with Crippen molar-refractivity contribution in [2.75, 3.05) is 0 Å². The van der Waals surface area contributed by atoms with Gasteiger partial charge < -0.3 is 15.5 Å². The van der Waals surface area contributed by atoms with Crippen LogP contribution in [0.4, 0.5) is 0 Å². The molecule has 1 saturated carbocycles. The average molecular weight is 378 g/mol. The van der Waals surface area contributed by atoms with Crippen molar-refractivity contribution < 1.29 is 19.8 Å². The molecule has 0 atom stereocenters. The Hall–Kier alpha value is -3.52. The summed E-state index contributed by atoms with van der Waals surface area (Å²) < 4.78 is 1.55. The minimum Gasteiger partial charge on any atom is -0.480 e. The maximum Gasteiger partial charge on any atom is 0.329 e. The van der Waals surface area contributed by atoms with Crippen molar-refractivity contribution in [2.24, 2.45) is 0 Å². The van der Waals surface area contributed by atoms with Gasteiger partial charge in [-0.15, -0.1) is 5.10 Å². The van der Waals surface area contributed by atoms with Gasteiger partial charge in [0.25, 0.3) is 5.91 Å². The van der Waals surface area contributed by atoms with Crippen LogP contribution in [0.3, 0.4) is 0 Å². The SMILES string of the molecule is O=C(NC1(C(=O)O)CC(O)C1)c1nc(-c2ccccc2)n(-c2ccccc2)n1. The van der Waals surface area contributed by atoms with E-state index in [0.717, 1.165) is 11.3 Å². The lowest BCUT2D eigenvalue weighted by atomic mass is 9.74. The summed E-state index contributed by atoms with van der Waals surface area (Å²) >= 11 is 0. The van der Waals surface area contributed by atoms with E-state index < -0.39 is 23.5 Å². The van der Waals surface area contributed by atoms with Gasteiger partial charge in [0, 0.05) is 18.4 Å². The summed E-state index contributed by atoms with van der Waals surface area (Å²) in [6.07, 6.45) is -0.830. The monoisotopic (exact) mass is 378 g/mol. The van der Waals surface area contributed by atoms with Crippen molar-refractivity contribution in [1.29, 1.82) is 0 Å². The Labute approximate surface area is 160 Å². The first kappa shape index (κ1) is 17.9. The predicted molar refractivity (Wildman–Crippen MR) is 99.9 cm³/mol. The fourth-order valence-electron chi connectivity index (χ4n) is 3.28. The van der Waals surface area contributed by atoms with Crippen LogP contribution in [0.5, 0.6) is 0 Å².